The van der Waals surface area contributed by atoms with E-state index in [4.69, 9.17) is 11.6 Å². The van der Waals surface area contributed by atoms with Crippen LogP contribution in [-0.4, -0.2) is 22.9 Å². The average Bonchev–Trinajstić information content (AvgIpc) is 2.42. The Balaban J connectivity index is 2.37. The summed E-state index contributed by atoms with van der Waals surface area (Å²) in [7, 11) is 0. The molecule has 1 rings (SSSR count). The van der Waals surface area contributed by atoms with Crippen LogP contribution in [0.2, 0.25) is 0 Å². The maximum Gasteiger partial charge on any atom is 0.433 e. The zero-order valence-corrected chi connectivity index (χ0v) is 11.6. The molecule has 1 amide bonds. The fourth-order valence-corrected chi connectivity index (χ4v) is 1.23. The number of oxime groups is 1. The van der Waals surface area contributed by atoms with Crippen molar-refractivity contribution in [3.8, 4) is 0 Å². The number of carbonyl (C=O) groups is 1. The monoisotopic (exact) mass is 284 g/mol. The third-order valence-corrected chi connectivity index (χ3v) is 2.82. The van der Waals surface area contributed by atoms with E-state index < -0.39 is 12.2 Å². The highest BCUT2D eigenvalue weighted by atomic mass is 35.5. The van der Waals surface area contributed by atoms with Crippen LogP contribution in [0.3, 0.4) is 0 Å². The molecule has 5 nitrogen and oxygen atoms in total. The summed E-state index contributed by atoms with van der Waals surface area (Å²) in [6.07, 6.45) is -1.55. The number of halogens is 1. The van der Waals surface area contributed by atoms with E-state index in [9.17, 15) is 9.90 Å². The maximum atomic E-state index is 11.3. The van der Waals surface area contributed by atoms with Gasteiger partial charge in [-0.2, -0.15) is 0 Å². The summed E-state index contributed by atoms with van der Waals surface area (Å²) in [5.41, 5.74) is 0.714. The van der Waals surface area contributed by atoms with Gasteiger partial charge in [0.05, 0.1) is 12.6 Å². The highest BCUT2D eigenvalue weighted by Gasteiger charge is 2.10. The number of carbonyl (C=O) groups excluding carboxylic acids is 1. The Bertz CT molecular complexity index is 435. The lowest BCUT2D eigenvalue weighted by molar-refractivity contribution is 0.134. The van der Waals surface area contributed by atoms with Gasteiger partial charge >= 0.3 is 6.09 Å². The van der Waals surface area contributed by atoms with Gasteiger partial charge in [0, 0.05) is 5.92 Å². The number of hydrogen-bond donors (Lipinski definition) is 2. The minimum absolute atomic E-state index is 0.00984. The first-order valence-corrected chi connectivity index (χ1v) is 6.29. The van der Waals surface area contributed by atoms with Crippen molar-refractivity contribution in [2.24, 2.45) is 11.1 Å². The summed E-state index contributed by atoms with van der Waals surface area (Å²) in [4.78, 5) is 15.8. The Morgan fingerprint density at radius 1 is 1.42 bits per heavy atom. The fourth-order valence-electron chi connectivity index (χ4n) is 1.20. The molecule has 6 heteroatoms. The topological polar surface area (TPSA) is 70.9 Å². The highest BCUT2D eigenvalue weighted by molar-refractivity contribution is 6.65. The molecule has 0 radical (unpaired) electrons. The van der Waals surface area contributed by atoms with Crippen LogP contribution < -0.4 is 5.32 Å². The highest BCUT2D eigenvalue weighted by Crippen LogP contribution is 2.10. The molecule has 0 aliphatic heterocycles. The molecule has 1 atom stereocenters. The van der Waals surface area contributed by atoms with E-state index in [0.717, 1.165) is 0 Å². The molecule has 1 aromatic carbocycles. The van der Waals surface area contributed by atoms with Crippen LogP contribution >= 0.6 is 11.6 Å². The van der Waals surface area contributed by atoms with Crippen molar-refractivity contribution in [1.29, 1.82) is 0 Å². The van der Waals surface area contributed by atoms with Crippen LogP contribution in [0.5, 0.6) is 0 Å². The number of hydrogen-bond acceptors (Lipinski definition) is 4. The van der Waals surface area contributed by atoms with Crippen LogP contribution in [0.25, 0.3) is 0 Å². The van der Waals surface area contributed by atoms with Gasteiger partial charge in [-0.25, -0.2) is 4.79 Å². The van der Waals surface area contributed by atoms with Crippen LogP contribution in [-0.2, 0) is 4.84 Å². The van der Waals surface area contributed by atoms with E-state index in [1.54, 1.807) is 12.1 Å². The minimum Gasteiger partial charge on any atom is -0.387 e. The van der Waals surface area contributed by atoms with Crippen LogP contribution in [0, 0.1) is 5.92 Å². The standard InChI is InChI=1S/C13H17ClN2O3/c1-9(2)12(14)16-19-13(18)15-8-11(17)10-6-4-3-5-7-10/h3-7,9,11,17H,8H2,1-2H3,(H,15,18)/t11-/m1/s1. The number of amides is 1. The van der Waals surface area contributed by atoms with E-state index in [1.165, 1.54) is 0 Å². The molecule has 0 saturated heterocycles. The third-order valence-electron chi connectivity index (χ3n) is 2.32. The predicted molar refractivity (Wildman–Crippen MR) is 74.0 cm³/mol. The molecule has 0 saturated carbocycles. The second-order valence-corrected chi connectivity index (χ2v) is 4.64. The number of aliphatic hydroxyl groups is 1. The molecule has 0 aliphatic rings. The van der Waals surface area contributed by atoms with Crippen molar-refractivity contribution in [2.75, 3.05) is 6.54 Å². The molecule has 104 valence electrons. The summed E-state index contributed by atoms with van der Waals surface area (Å²) in [6.45, 7) is 3.69. The normalized spacial score (nSPS) is 13.2. The van der Waals surface area contributed by atoms with Crippen LogP contribution in [0.1, 0.15) is 25.5 Å². The van der Waals surface area contributed by atoms with Crippen molar-refractivity contribution in [3.05, 3.63) is 35.9 Å². The molecule has 2 N–H and O–H groups in total. The summed E-state index contributed by atoms with van der Waals surface area (Å²) >= 11 is 5.71. The van der Waals surface area contributed by atoms with Gasteiger partial charge in [0.2, 0.25) is 0 Å². The number of benzene rings is 1. The number of nitrogens with one attached hydrogen (secondary N) is 1. The van der Waals surface area contributed by atoms with Gasteiger partial charge in [0.1, 0.15) is 5.17 Å². The quantitative estimate of drug-likeness (QED) is 0.496. The Labute approximate surface area is 117 Å². The van der Waals surface area contributed by atoms with E-state index >= 15 is 0 Å². The van der Waals surface area contributed by atoms with Crippen molar-refractivity contribution >= 4 is 22.9 Å². The summed E-state index contributed by atoms with van der Waals surface area (Å²) in [6, 6.07) is 9.00. The largest absolute Gasteiger partial charge is 0.433 e. The maximum absolute atomic E-state index is 11.3. The molecule has 0 heterocycles. The Morgan fingerprint density at radius 2 is 2.05 bits per heavy atom. The van der Waals surface area contributed by atoms with Crippen LogP contribution in [0.15, 0.2) is 35.5 Å². The third kappa shape index (κ3) is 5.72. The van der Waals surface area contributed by atoms with E-state index in [0.29, 0.717) is 5.56 Å². The zero-order chi connectivity index (χ0) is 14.3. The smallest absolute Gasteiger partial charge is 0.387 e. The summed E-state index contributed by atoms with van der Waals surface area (Å²) in [5, 5.41) is 15.9. The van der Waals surface area contributed by atoms with Gasteiger partial charge in [-0.05, 0) is 5.56 Å². The molecule has 0 fully saturated rings. The number of rotatable bonds is 5. The molecule has 0 spiro atoms. The van der Waals surface area contributed by atoms with Crippen LogP contribution in [0.4, 0.5) is 4.79 Å². The van der Waals surface area contributed by atoms with Crippen molar-refractivity contribution in [1.82, 2.24) is 5.32 Å². The molecule has 0 bridgehead atoms. The van der Waals surface area contributed by atoms with Gasteiger partial charge in [-0.1, -0.05) is 60.9 Å². The van der Waals surface area contributed by atoms with E-state index in [-0.39, 0.29) is 17.6 Å². The van der Waals surface area contributed by atoms with Crippen molar-refractivity contribution < 1.29 is 14.7 Å². The lowest BCUT2D eigenvalue weighted by Crippen LogP contribution is -2.28. The molecule has 0 unspecified atom stereocenters. The van der Waals surface area contributed by atoms with Gasteiger partial charge in [0.15, 0.2) is 0 Å². The fraction of sp³-hybridized carbons (Fsp3) is 0.385. The minimum atomic E-state index is -0.793. The average molecular weight is 285 g/mol. The van der Waals surface area contributed by atoms with Gasteiger partial charge in [-0.15, -0.1) is 0 Å². The lowest BCUT2D eigenvalue weighted by atomic mass is 10.1. The number of aliphatic hydroxyl groups excluding tert-OH is 1. The second kappa shape index (κ2) is 7.76. The Hall–Kier alpha value is -1.59. The first kappa shape index (κ1) is 15.5. The Kier molecular flexibility index (Phi) is 6.32. The Morgan fingerprint density at radius 3 is 2.63 bits per heavy atom. The van der Waals surface area contributed by atoms with Gasteiger partial charge in [0.25, 0.3) is 0 Å². The SMILES string of the molecule is CC(C)C(Cl)=NOC(=O)NC[C@@H](O)c1ccccc1. The van der Waals surface area contributed by atoms with Gasteiger partial charge < -0.3 is 10.4 Å². The molecular formula is C13H17ClN2O3. The first-order valence-electron chi connectivity index (χ1n) is 5.92. The molecule has 0 aromatic heterocycles. The summed E-state index contributed by atoms with van der Waals surface area (Å²) in [5.74, 6) is -0.00984. The zero-order valence-electron chi connectivity index (χ0n) is 10.8. The van der Waals surface area contributed by atoms with E-state index in [1.807, 2.05) is 32.0 Å². The summed E-state index contributed by atoms with van der Waals surface area (Å²) < 4.78 is 0. The van der Waals surface area contributed by atoms with Crippen molar-refractivity contribution in [3.63, 3.8) is 0 Å². The van der Waals surface area contributed by atoms with Gasteiger partial charge in [-0.3, -0.25) is 4.84 Å². The molecule has 1 aromatic rings. The van der Waals surface area contributed by atoms with Crippen molar-refractivity contribution in [2.45, 2.75) is 20.0 Å². The number of nitrogens with zero attached hydrogens (tertiary/aromatic N) is 1. The second-order valence-electron chi connectivity index (χ2n) is 4.25. The molecule has 19 heavy (non-hydrogen) atoms. The molecule has 0 aliphatic carbocycles. The van der Waals surface area contributed by atoms with E-state index in [2.05, 4.69) is 15.3 Å². The molecular weight excluding hydrogens is 268 g/mol. The predicted octanol–water partition coefficient (Wildman–Crippen LogP) is 2.65. The first-order chi connectivity index (χ1) is 9.00. The lowest BCUT2D eigenvalue weighted by Gasteiger charge is -2.11.